The molecule has 3 heterocycles. The van der Waals surface area contributed by atoms with Gasteiger partial charge in [-0.25, -0.2) is 4.79 Å². The predicted octanol–water partition coefficient (Wildman–Crippen LogP) is 2.09. The smallest absolute Gasteiger partial charge is 0.328 e. The summed E-state index contributed by atoms with van der Waals surface area (Å²) in [4.78, 5) is 46.3. The molecule has 0 aliphatic carbocycles. The summed E-state index contributed by atoms with van der Waals surface area (Å²) in [5.41, 5.74) is 2.97. The third-order valence-electron chi connectivity index (χ3n) is 5.81. The maximum atomic E-state index is 12.3. The van der Waals surface area contributed by atoms with Crippen LogP contribution in [0.3, 0.4) is 0 Å². The zero-order valence-corrected chi connectivity index (χ0v) is 18.3. The Morgan fingerprint density at radius 1 is 1.06 bits per heavy atom. The average Bonchev–Trinajstić information content (AvgIpc) is 3.22. The summed E-state index contributed by atoms with van der Waals surface area (Å²) in [6, 6.07) is 8.24. The van der Waals surface area contributed by atoms with Crippen molar-refractivity contribution in [2.75, 3.05) is 31.5 Å². The van der Waals surface area contributed by atoms with Crippen molar-refractivity contribution in [2.45, 2.75) is 12.6 Å². The Kier molecular flexibility index (Phi) is 7.00. The monoisotopic (exact) mass is 463 g/mol. The molecule has 0 radical (unpaired) electrons. The van der Waals surface area contributed by atoms with E-state index in [4.69, 9.17) is 5.11 Å². The minimum atomic E-state index is -1.22. The van der Waals surface area contributed by atoms with Gasteiger partial charge in [-0.05, 0) is 35.9 Å². The van der Waals surface area contributed by atoms with Gasteiger partial charge in [0, 0.05) is 85.6 Å². The second-order valence-electron chi connectivity index (χ2n) is 8.07. The fraction of sp³-hybridized carbons (Fsp3) is 0.250. The highest BCUT2D eigenvalue weighted by atomic mass is 16.4. The Hall–Kier alpha value is -4.02. The molecule has 2 aromatic heterocycles. The number of hydrogen-bond donors (Lipinski definition) is 4. The Labute approximate surface area is 195 Å². The van der Waals surface area contributed by atoms with E-state index in [1.165, 1.54) is 5.56 Å². The highest BCUT2D eigenvalue weighted by Crippen LogP contribution is 2.31. The van der Waals surface area contributed by atoms with E-state index in [2.05, 4.69) is 20.2 Å². The van der Waals surface area contributed by atoms with Crippen LogP contribution >= 0.6 is 0 Å². The molecule has 10 nitrogen and oxygen atoms in total. The van der Waals surface area contributed by atoms with Gasteiger partial charge in [0.05, 0.1) is 0 Å². The standard InChI is InChI=1S/C24H25N5O5/c30-21(3-4-22(31)32)27-17-1-2-20-18(13-17)19(14-26-20)23(24(33)34)29-11-9-28(10-12-29)15-16-5-7-25-8-6-16/h1-8,13-14,23,26H,9-12,15H2,(H,27,30)(H,31,32)(H,33,34)/b4-3+/t23-/m0/s1. The molecule has 1 aliphatic rings. The highest BCUT2D eigenvalue weighted by molar-refractivity contribution is 6.03. The second kappa shape index (κ2) is 10.3. The van der Waals surface area contributed by atoms with E-state index < -0.39 is 23.9 Å². The Balaban J connectivity index is 1.50. The summed E-state index contributed by atoms with van der Waals surface area (Å²) in [7, 11) is 0. The van der Waals surface area contributed by atoms with Crippen LogP contribution in [0, 0.1) is 0 Å². The molecule has 4 rings (SSSR count). The fourth-order valence-electron chi connectivity index (χ4n) is 4.19. The predicted molar refractivity (Wildman–Crippen MR) is 125 cm³/mol. The van der Waals surface area contributed by atoms with Gasteiger partial charge >= 0.3 is 11.9 Å². The fourth-order valence-corrected chi connectivity index (χ4v) is 4.19. The Bertz CT molecular complexity index is 1210. The molecule has 34 heavy (non-hydrogen) atoms. The quantitative estimate of drug-likeness (QED) is 0.373. The lowest BCUT2D eigenvalue weighted by molar-refractivity contribution is -0.144. The van der Waals surface area contributed by atoms with Crippen LogP contribution < -0.4 is 5.32 Å². The number of anilines is 1. The van der Waals surface area contributed by atoms with Crippen LogP contribution in [0.2, 0.25) is 0 Å². The van der Waals surface area contributed by atoms with Gasteiger partial charge in [0.2, 0.25) is 5.91 Å². The molecule has 1 amide bonds. The summed E-state index contributed by atoms with van der Waals surface area (Å²) in [5.74, 6) is -2.75. The van der Waals surface area contributed by atoms with Gasteiger partial charge in [-0.15, -0.1) is 0 Å². The number of H-pyrrole nitrogens is 1. The lowest BCUT2D eigenvalue weighted by atomic mass is 10.0. The minimum absolute atomic E-state index is 0.444. The SMILES string of the molecule is O=C(O)/C=C/C(=O)Nc1ccc2[nH]cc([C@@H](C(=O)O)N3CCN(Cc4ccncc4)CC3)c2c1. The third kappa shape index (κ3) is 5.48. The van der Waals surface area contributed by atoms with Crippen molar-refractivity contribution < 1.29 is 24.6 Å². The zero-order chi connectivity index (χ0) is 24.1. The molecule has 10 heteroatoms. The lowest BCUT2D eigenvalue weighted by Gasteiger charge is -2.37. The van der Waals surface area contributed by atoms with Gasteiger partial charge < -0.3 is 20.5 Å². The van der Waals surface area contributed by atoms with E-state index in [9.17, 15) is 19.5 Å². The molecule has 0 bridgehead atoms. The molecular formula is C24H25N5O5. The van der Waals surface area contributed by atoms with Crippen molar-refractivity contribution in [1.29, 1.82) is 0 Å². The highest BCUT2D eigenvalue weighted by Gasteiger charge is 2.32. The molecule has 3 aromatic rings. The van der Waals surface area contributed by atoms with E-state index in [0.717, 1.165) is 37.3 Å². The number of carboxylic acid groups (broad SMARTS) is 2. The van der Waals surface area contributed by atoms with Gasteiger partial charge in [0.1, 0.15) is 6.04 Å². The number of carboxylic acids is 2. The van der Waals surface area contributed by atoms with Crippen LogP contribution in [0.15, 0.2) is 61.1 Å². The molecule has 1 atom stereocenters. The number of carbonyl (C=O) groups is 3. The first-order chi connectivity index (χ1) is 16.4. The number of benzene rings is 1. The number of amides is 1. The van der Waals surface area contributed by atoms with Crippen molar-refractivity contribution in [1.82, 2.24) is 19.8 Å². The van der Waals surface area contributed by atoms with Gasteiger partial charge in [-0.3, -0.25) is 24.4 Å². The van der Waals surface area contributed by atoms with Crippen LogP contribution in [0.25, 0.3) is 10.9 Å². The number of aromatic nitrogens is 2. The molecule has 1 saturated heterocycles. The number of nitrogens with zero attached hydrogens (tertiary/aromatic N) is 3. The average molecular weight is 463 g/mol. The van der Waals surface area contributed by atoms with Gasteiger partial charge in [0.15, 0.2) is 0 Å². The van der Waals surface area contributed by atoms with Crippen LogP contribution in [0.4, 0.5) is 5.69 Å². The molecule has 4 N–H and O–H groups in total. The number of rotatable bonds is 8. The zero-order valence-electron chi connectivity index (χ0n) is 18.3. The van der Waals surface area contributed by atoms with E-state index in [1.54, 1.807) is 36.8 Å². The normalized spacial score (nSPS) is 16.0. The number of pyridine rings is 1. The number of hydrogen-bond acceptors (Lipinski definition) is 6. The maximum absolute atomic E-state index is 12.3. The van der Waals surface area contributed by atoms with Gasteiger partial charge in [-0.2, -0.15) is 0 Å². The van der Waals surface area contributed by atoms with E-state index in [-0.39, 0.29) is 0 Å². The molecule has 0 unspecified atom stereocenters. The molecular weight excluding hydrogens is 438 g/mol. The molecule has 176 valence electrons. The second-order valence-corrected chi connectivity index (χ2v) is 8.07. The van der Waals surface area contributed by atoms with Gasteiger partial charge in [-0.1, -0.05) is 0 Å². The molecule has 0 saturated carbocycles. The molecule has 1 aliphatic heterocycles. The number of nitrogens with one attached hydrogen (secondary N) is 2. The van der Waals surface area contributed by atoms with Crippen LogP contribution in [-0.4, -0.2) is 74.0 Å². The number of carbonyl (C=O) groups excluding carboxylic acids is 1. The summed E-state index contributed by atoms with van der Waals surface area (Å²) in [6.45, 7) is 3.48. The van der Waals surface area contributed by atoms with Crippen molar-refractivity contribution in [3.05, 3.63) is 72.2 Å². The molecule has 0 spiro atoms. The Morgan fingerprint density at radius 3 is 2.47 bits per heavy atom. The number of fused-ring (bicyclic) bond motifs is 1. The number of aromatic amines is 1. The molecule has 1 aromatic carbocycles. The summed E-state index contributed by atoms with van der Waals surface area (Å²) < 4.78 is 0. The van der Waals surface area contributed by atoms with Crippen molar-refractivity contribution in [3.8, 4) is 0 Å². The summed E-state index contributed by atoms with van der Waals surface area (Å²) >= 11 is 0. The minimum Gasteiger partial charge on any atom is -0.480 e. The topological polar surface area (TPSA) is 139 Å². The number of piperazine rings is 1. The van der Waals surface area contributed by atoms with Crippen LogP contribution in [0.1, 0.15) is 17.2 Å². The summed E-state index contributed by atoms with van der Waals surface area (Å²) in [6.07, 6.45) is 6.91. The van der Waals surface area contributed by atoms with E-state index >= 15 is 0 Å². The first-order valence-corrected chi connectivity index (χ1v) is 10.8. The first-order valence-electron chi connectivity index (χ1n) is 10.8. The van der Waals surface area contributed by atoms with E-state index in [1.807, 2.05) is 17.0 Å². The van der Waals surface area contributed by atoms with Crippen molar-refractivity contribution in [2.24, 2.45) is 0 Å². The lowest BCUT2D eigenvalue weighted by Crippen LogP contribution is -2.48. The number of aliphatic carboxylic acids is 2. The van der Waals surface area contributed by atoms with Gasteiger partial charge in [0.25, 0.3) is 0 Å². The maximum Gasteiger partial charge on any atom is 0.328 e. The molecule has 1 fully saturated rings. The van der Waals surface area contributed by atoms with Crippen molar-refractivity contribution >= 4 is 34.4 Å². The van der Waals surface area contributed by atoms with Crippen LogP contribution in [0.5, 0.6) is 0 Å². The van der Waals surface area contributed by atoms with E-state index in [0.29, 0.717) is 29.7 Å². The first kappa shape index (κ1) is 23.1. The Morgan fingerprint density at radius 2 is 1.79 bits per heavy atom. The largest absolute Gasteiger partial charge is 0.480 e. The van der Waals surface area contributed by atoms with Crippen LogP contribution in [-0.2, 0) is 20.9 Å². The summed E-state index contributed by atoms with van der Waals surface area (Å²) in [5, 5.41) is 22.0. The third-order valence-corrected chi connectivity index (χ3v) is 5.81. The van der Waals surface area contributed by atoms with Crippen molar-refractivity contribution in [3.63, 3.8) is 0 Å².